The summed E-state index contributed by atoms with van der Waals surface area (Å²) in [6.07, 6.45) is 3.32. The number of ether oxygens (including phenoxy) is 2. The second-order valence-corrected chi connectivity index (χ2v) is 10.8. The van der Waals surface area contributed by atoms with E-state index in [0.717, 1.165) is 56.4 Å². The summed E-state index contributed by atoms with van der Waals surface area (Å²) in [5.41, 5.74) is 2.21. The van der Waals surface area contributed by atoms with Crippen molar-refractivity contribution in [3.05, 3.63) is 30.0 Å². The number of carbonyl (C=O) groups excluding carboxylic acids is 1. The van der Waals surface area contributed by atoms with Crippen molar-refractivity contribution in [2.24, 2.45) is 11.3 Å². The lowest BCUT2D eigenvalue weighted by atomic mass is 9.95. The van der Waals surface area contributed by atoms with Gasteiger partial charge in [0.15, 0.2) is 0 Å². The van der Waals surface area contributed by atoms with Gasteiger partial charge in [-0.1, -0.05) is 0 Å². The lowest BCUT2D eigenvalue weighted by Crippen LogP contribution is -2.60. The van der Waals surface area contributed by atoms with Gasteiger partial charge >= 0.3 is 0 Å². The van der Waals surface area contributed by atoms with Gasteiger partial charge in [-0.3, -0.25) is 9.69 Å². The molecule has 3 saturated heterocycles. The lowest BCUT2D eigenvalue weighted by molar-refractivity contribution is -0.118. The summed E-state index contributed by atoms with van der Waals surface area (Å²) in [5, 5.41) is 15.6. The van der Waals surface area contributed by atoms with Crippen molar-refractivity contribution in [2.45, 2.75) is 38.3 Å². The van der Waals surface area contributed by atoms with Gasteiger partial charge in [0.2, 0.25) is 5.91 Å². The van der Waals surface area contributed by atoms with Gasteiger partial charge in [-0.05, 0) is 55.8 Å². The van der Waals surface area contributed by atoms with Crippen molar-refractivity contribution >= 4 is 28.2 Å². The summed E-state index contributed by atoms with van der Waals surface area (Å²) in [7, 11) is 0. The van der Waals surface area contributed by atoms with Crippen LogP contribution in [0.3, 0.4) is 0 Å². The monoisotopic (exact) mass is 466 g/mol. The molecule has 1 aliphatic carbocycles. The summed E-state index contributed by atoms with van der Waals surface area (Å²) in [6.45, 7) is 10.3. The third-order valence-corrected chi connectivity index (χ3v) is 8.66. The van der Waals surface area contributed by atoms with E-state index in [0.29, 0.717) is 25.6 Å². The van der Waals surface area contributed by atoms with Gasteiger partial charge < -0.3 is 24.8 Å². The lowest BCUT2D eigenvalue weighted by Gasteiger charge is -2.45. The van der Waals surface area contributed by atoms with Crippen molar-refractivity contribution in [1.82, 2.24) is 9.88 Å². The third kappa shape index (κ3) is 3.68. The molecule has 34 heavy (non-hydrogen) atoms. The maximum atomic E-state index is 12.8. The molecule has 2 aromatic rings. The Hall–Kier alpha value is -2.26. The summed E-state index contributed by atoms with van der Waals surface area (Å²) in [6, 6.07) is 6.38. The number of aliphatic hydroxyl groups excluding tert-OH is 1. The molecule has 6 rings (SSSR count). The van der Waals surface area contributed by atoms with Gasteiger partial charge in [0.1, 0.15) is 5.82 Å². The zero-order chi connectivity index (χ0) is 23.5. The molecule has 4 aliphatic rings. The first-order valence-corrected chi connectivity index (χ1v) is 12.4. The topological polar surface area (TPSA) is 87.2 Å². The molecular weight excluding hydrogens is 432 g/mol. The number of rotatable bonds is 4. The number of hydrogen-bond acceptors (Lipinski definition) is 7. The van der Waals surface area contributed by atoms with Crippen LogP contribution in [0.4, 0.5) is 11.5 Å². The Balaban J connectivity index is 1.16. The molecule has 4 fully saturated rings. The van der Waals surface area contributed by atoms with Crippen molar-refractivity contribution in [3.8, 4) is 0 Å². The van der Waals surface area contributed by atoms with E-state index in [1.54, 1.807) is 0 Å². The van der Waals surface area contributed by atoms with Crippen LogP contribution in [-0.2, 0) is 14.3 Å². The minimum Gasteiger partial charge on any atom is -0.389 e. The Morgan fingerprint density at radius 2 is 1.97 bits per heavy atom. The van der Waals surface area contributed by atoms with Gasteiger partial charge in [-0.2, -0.15) is 0 Å². The number of nitrogens with one attached hydrogen (secondary N) is 1. The molecule has 2 unspecified atom stereocenters. The second kappa shape index (κ2) is 8.16. The van der Waals surface area contributed by atoms with Crippen LogP contribution >= 0.6 is 0 Å². The van der Waals surface area contributed by atoms with Crippen molar-refractivity contribution in [2.75, 3.05) is 62.8 Å². The Labute approximate surface area is 200 Å². The standard InChI is InChI=1S/C26H34N4O4/c1-17-9-19-13-27-23(28-24(32)20-12-26(20)3-8-33-16-26)11-18(19)10-21(17)29-4-6-30(7-5-29)25(2)15-34-14-22(25)31/h9-11,13,20,22,31H,3-8,12,14-16H2,1-2H3,(H,27,28,32)/t20?,22-,25+,26?/m0/s1. The number of aliphatic hydroxyl groups is 1. The van der Waals surface area contributed by atoms with Crippen LogP contribution in [0.25, 0.3) is 10.8 Å². The Kier molecular flexibility index (Phi) is 5.33. The molecule has 1 saturated carbocycles. The molecule has 4 heterocycles. The maximum Gasteiger partial charge on any atom is 0.229 e. The Morgan fingerprint density at radius 1 is 1.15 bits per heavy atom. The number of aromatic nitrogens is 1. The highest BCUT2D eigenvalue weighted by atomic mass is 16.5. The smallest absolute Gasteiger partial charge is 0.229 e. The highest BCUT2D eigenvalue weighted by Crippen LogP contribution is 2.58. The first kappa shape index (κ1) is 22.2. The molecule has 1 aromatic heterocycles. The van der Waals surface area contributed by atoms with Gasteiger partial charge in [0.05, 0.1) is 31.5 Å². The molecule has 1 spiro atoms. The fourth-order valence-electron chi connectivity index (χ4n) is 6.11. The van der Waals surface area contributed by atoms with Crippen LogP contribution < -0.4 is 10.2 Å². The molecule has 4 atom stereocenters. The van der Waals surface area contributed by atoms with E-state index in [1.807, 2.05) is 12.3 Å². The van der Waals surface area contributed by atoms with Crippen molar-refractivity contribution < 1.29 is 19.4 Å². The van der Waals surface area contributed by atoms with E-state index in [-0.39, 0.29) is 22.8 Å². The molecule has 0 radical (unpaired) electrons. The molecule has 8 nitrogen and oxygen atoms in total. The van der Waals surface area contributed by atoms with Gasteiger partial charge in [-0.25, -0.2) is 4.98 Å². The molecule has 3 aliphatic heterocycles. The number of carbonyl (C=O) groups is 1. The number of aryl methyl sites for hydroxylation is 1. The van der Waals surface area contributed by atoms with Gasteiger partial charge in [0, 0.05) is 61.4 Å². The van der Waals surface area contributed by atoms with Crippen LogP contribution in [0.1, 0.15) is 25.3 Å². The number of anilines is 2. The molecule has 182 valence electrons. The highest BCUT2D eigenvalue weighted by Gasteiger charge is 2.59. The van der Waals surface area contributed by atoms with Crippen molar-refractivity contribution in [3.63, 3.8) is 0 Å². The summed E-state index contributed by atoms with van der Waals surface area (Å²) in [4.78, 5) is 22.1. The normalized spacial score (nSPS) is 33.7. The maximum absolute atomic E-state index is 12.8. The van der Waals surface area contributed by atoms with Crippen LogP contribution in [-0.4, -0.2) is 85.1 Å². The summed E-state index contributed by atoms with van der Waals surface area (Å²) >= 11 is 0. The van der Waals surface area contributed by atoms with E-state index in [4.69, 9.17) is 9.47 Å². The van der Waals surface area contributed by atoms with Crippen LogP contribution in [0.5, 0.6) is 0 Å². The van der Waals surface area contributed by atoms with E-state index in [9.17, 15) is 9.90 Å². The van der Waals surface area contributed by atoms with Crippen LogP contribution in [0, 0.1) is 18.3 Å². The number of amides is 1. The molecule has 2 N–H and O–H groups in total. The average Bonchev–Trinajstić information content (AvgIpc) is 3.14. The number of fused-ring (bicyclic) bond motifs is 1. The number of nitrogens with zero attached hydrogens (tertiary/aromatic N) is 3. The molecule has 1 amide bonds. The molecule has 8 heteroatoms. The van der Waals surface area contributed by atoms with E-state index < -0.39 is 6.10 Å². The molecule has 1 aromatic carbocycles. The van der Waals surface area contributed by atoms with E-state index >= 15 is 0 Å². The minimum absolute atomic E-state index is 0.0445. The quantitative estimate of drug-likeness (QED) is 0.714. The third-order valence-electron chi connectivity index (χ3n) is 8.66. The second-order valence-electron chi connectivity index (χ2n) is 10.8. The van der Waals surface area contributed by atoms with Gasteiger partial charge in [-0.15, -0.1) is 0 Å². The Morgan fingerprint density at radius 3 is 2.68 bits per heavy atom. The minimum atomic E-state index is -0.436. The van der Waals surface area contributed by atoms with E-state index in [1.165, 1.54) is 11.3 Å². The fourth-order valence-corrected chi connectivity index (χ4v) is 6.11. The van der Waals surface area contributed by atoms with Gasteiger partial charge in [0.25, 0.3) is 0 Å². The summed E-state index contributed by atoms with van der Waals surface area (Å²) < 4.78 is 11.1. The first-order chi connectivity index (χ1) is 16.4. The Bertz CT molecular complexity index is 1110. The number of piperazine rings is 1. The predicted molar refractivity (Wildman–Crippen MR) is 130 cm³/mol. The van der Waals surface area contributed by atoms with Crippen molar-refractivity contribution in [1.29, 1.82) is 0 Å². The van der Waals surface area contributed by atoms with Crippen LogP contribution in [0.15, 0.2) is 24.4 Å². The number of pyridine rings is 1. The zero-order valence-corrected chi connectivity index (χ0v) is 20.0. The zero-order valence-electron chi connectivity index (χ0n) is 20.0. The van der Waals surface area contributed by atoms with E-state index in [2.05, 4.69) is 46.1 Å². The highest BCUT2D eigenvalue weighted by molar-refractivity contribution is 5.97. The molecule has 0 bridgehead atoms. The number of benzene rings is 1. The molecular formula is C26H34N4O4. The number of hydrogen-bond donors (Lipinski definition) is 2. The van der Waals surface area contributed by atoms with Crippen LogP contribution in [0.2, 0.25) is 0 Å². The fraction of sp³-hybridized carbons (Fsp3) is 0.615. The predicted octanol–water partition coefficient (Wildman–Crippen LogP) is 2.18. The average molecular weight is 467 g/mol. The SMILES string of the molecule is Cc1cc2cnc(NC(=O)C3CC34CCOC4)cc2cc1N1CCN([C@]2(C)COC[C@@H]2O)CC1. The first-order valence-electron chi connectivity index (χ1n) is 12.4. The summed E-state index contributed by atoms with van der Waals surface area (Å²) in [5.74, 6) is 0.719. The largest absolute Gasteiger partial charge is 0.389 e.